The van der Waals surface area contributed by atoms with Gasteiger partial charge in [-0.25, -0.2) is 0 Å². The number of hydrogen-bond donors (Lipinski definition) is 1. The first-order valence-electron chi connectivity index (χ1n) is 8.76. The normalized spacial score (nSPS) is 14.5. The molecule has 1 aliphatic rings. The number of carbonyl (C=O) groups is 2. The smallest absolute Gasteiger partial charge is 0.308 e. The van der Waals surface area contributed by atoms with Crippen LogP contribution < -0.4 is 4.90 Å². The van der Waals surface area contributed by atoms with Crippen LogP contribution in [0.2, 0.25) is 0 Å². The molecule has 1 aliphatic heterocycles. The first kappa shape index (κ1) is 18.4. The van der Waals surface area contributed by atoms with Gasteiger partial charge in [0.15, 0.2) is 0 Å². The number of amides is 1. The van der Waals surface area contributed by atoms with E-state index >= 15 is 0 Å². The molecule has 7 heteroatoms. The van der Waals surface area contributed by atoms with E-state index in [1.54, 1.807) is 18.3 Å². The zero-order chi connectivity index (χ0) is 18.5. The number of aliphatic carboxylic acids is 1. The fraction of sp³-hybridized carbons (Fsp3) is 0.421. The summed E-state index contributed by atoms with van der Waals surface area (Å²) in [5.74, 6) is -0.655. The van der Waals surface area contributed by atoms with Gasteiger partial charge in [-0.15, -0.1) is 11.3 Å². The second kappa shape index (κ2) is 8.31. The zero-order valence-electron chi connectivity index (χ0n) is 14.9. The largest absolute Gasteiger partial charge is 0.481 e. The van der Waals surface area contributed by atoms with E-state index in [9.17, 15) is 9.59 Å². The molecule has 0 radical (unpaired) electrons. The molecular weight excluding hydrogens is 350 g/mol. The van der Waals surface area contributed by atoms with E-state index < -0.39 is 5.97 Å². The van der Waals surface area contributed by atoms with E-state index in [0.717, 1.165) is 55.3 Å². The number of hydrogen-bond acceptors (Lipinski definition) is 5. The number of nitrogens with zero attached hydrogens (tertiary/aromatic N) is 3. The lowest BCUT2D eigenvalue weighted by molar-refractivity contribution is -0.136. The third-order valence-electron chi connectivity index (χ3n) is 4.57. The molecule has 0 aliphatic carbocycles. The molecule has 2 aromatic rings. The fourth-order valence-corrected chi connectivity index (χ4v) is 4.09. The first-order chi connectivity index (χ1) is 12.5. The summed E-state index contributed by atoms with van der Waals surface area (Å²) in [6, 6.07) is 8.05. The third kappa shape index (κ3) is 4.82. The molecule has 6 nitrogen and oxygen atoms in total. The molecule has 138 valence electrons. The van der Waals surface area contributed by atoms with Crippen LogP contribution in [0.15, 0.2) is 30.5 Å². The summed E-state index contributed by atoms with van der Waals surface area (Å²) < 4.78 is 0. The summed E-state index contributed by atoms with van der Waals surface area (Å²) >= 11 is 1.56. The third-order valence-corrected chi connectivity index (χ3v) is 5.71. The molecule has 0 unspecified atom stereocenters. The topological polar surface area (TPSA) is 73.7 Å². The minimum Gasteiger partial charge on any atom is -0.481 e. The molecule has 3 heterocycles. The molecule has 0 bridgehead atoms. The van der Waals surface area contributed by atoms with Gasteiger partial charge in [0.05, 0.1) is 18.3 Å². The molecular formula is C19H23N3O3S. The van der Waals surface area contributed by atoms with Crippen LogP contribution in [0.4, 0.5) is 5.69 Å². The van der Waals surface area contributed by atoms with Crippen molar-refractivity contribution in [3.05, 3.63) is 45.9 Å². The van der Waals surface area contributed by atoms with Crippen molar-refractivity contribution in [2.24, 2.45) is 0 Å². The predicted octanol–water partition coefficient (Wildman–Crippen LogP) is 2.22. The minimum absolute atomic E-state index is 0.0918. The van der Waals surface area contributed by atoms with Crippen LogP contribution in [0.5, 0.6) is 0 Å². The SMILES string of the molecule is CC(=O)N1CCN(c2ccc(CCc3ccc(CC(=O)O)s3)nc2)CC1. The van der Waals surface area contributed by atoms with Crippen molar-refractivity contribution in [1.29, 1.82) is 0 Å². The van der Waals surface area contributed by atoms with Crippen molar-refractivity contribution in [3.8, 4) is 0 Å². The lowest BCUT2D eigenvalue weighted by atomic mass is 10.2. The van der Waals surface area contributed by atoms with Crippen LogP contribution in [0.3, 0.4) is 0 Å². The van der Waals surface area contributed by atoms with E-state index in [-0.39, 0.29) is 12.3 Å². The number of rotatable bonds is 6. The molecule has 1 N–H and O–H groups in total. The minimum atomic E-state index is -0.792. The summed E-state index contributed by atoms with van der Waals surface area (Å²) in [4.78, 5) is 32.9. The lowest BCUT2D eigenvalue weighted by Crippen LogP contribution is -2.48. The van der Waals surface area contributed by atoms with Crippen molar-refractivity contribution < 1.29 is 14.7 Å². The van der Waals surface area contributed by atoms with Gasteiger partial charge in [-0.1, -0.05) is 0 Å². The van der Waals surface area contributed by atoms with Crippen LogP contribution in [0, 0.1) is 0 Å². The lowest BCUT2D eigenvalue weighted by Gasteiger charge is -2.35. The van der Waals surface area contributed by atoms with Gasteiger partial charge in [-0.2, -0.15) is 0 Å². The Morgan fingerprint density at radius 1 is 1.08 bits per heavy atom. The highest BCUT2D eigenvalue weighted by Gasteiger charge is 2.18. The average molecular weight is 373 g/mol. The summed E-state index contributed by atoms with van der Waals surface area (Å²) in [6.45, 7) is 4.80. The molecule has 0 saturated carbocycles. The monoisotopic (exact) mass is 373 g/mol. The summed E-state index contributed by atoms with van der Waals surface area (Å²) in [5, 5.41) is 8.83. The molecule has 0 spiro atoms. The predicted molar refractivity (Wildman–Crippen MR) is 102 cm³/mol. The number of carboxylic acids is 1. The van der Waals surface area contributed by atoms with Gasteiger partial charge in [0.2, 0.25) is 5.91 Å². The number of carboxylic acid groups (broad SMARTS) is 1. The van der Waals surface area contributed by atoms with Gasteiger partial charge in [0.25, 0.3) is 0 Å². The average Bonchev–Trinajstić information content (AvgIpc) is 3.07. The Balaban J connectivity index is 1.51. The summed E-state index contributed by atoms with van der Waals surface area (Å²) in [7, 11) is 0. The van der Waals surface area contributed by atoms with E-state index in [2.05, 4.69) is 22.0 Å². The van der Waals surface area contributed by atoms with Gasteiger partial charge in [-0.3, -0.25) is 14.6 Å². The maximum atomic E-state index is 11.4. The van der Waals surface area contributed by atoms with E-state index in [1.807, 2.05) is 23.2 Å². The van der Waals surface area contributed by atoms with Crippen molar-refractivity contribution in [3.63, 3.8) is 0 Å². The van der Waals surface area contributed by atoms with Gasteiger partial charge < -0.3 is 14.9 Å². The highest BCUT2D eigenvalue weighted by atomic mass is 32.1. The Hall–Kier alpha value is -2.41. The Kier molecular flexibility index (Phi) is 5.88. The van der Waals surface area contributed by atoms with Gasteiger partial charge in [-0.05, 0) is 37.1 Å². The highest BCUT2D eigenvalue weighted by Crippen LogP contribution is 2.20. The maximum absolute atomic E-state index is 11.4. The molecule has 1 fully saturated rings. The summed E-state index contributed by atoms with van der Waals surface area (Å²) in [5.41, 5.74) is 2.13. The first-order valence-corrected chi connectivity index (χ1v) is 9.57. The number of piperazine rings is 1. The van der Waals surface area contributed by atoms with Crippen LogP contribution in [0.25, 0.3) is 0 Å². The number of anilines is 1. The molecule has 0 aromatic carbocycles. The molecule has 0 atom stereocenters. The van der Waals surface area contributed by atoms with Gasteiger partial charge >= 0.3 is 5.97 Å². The van der Waals surface area contributed by atoms with Gasteiger partial charge in [0.1, 0.15) is 0 Å². The maximum Gasteiger partial charge on any atom is 0.308 e. The van der Waals surface area contributed by atoms with Crippen molar-refractivity contribution >= 4 is 28.9 Å². The van der Waals surface area contributed by atoms with Gasteiger partial charge in [0, 0.05) is 48.6 Å². The Labute approximate surface area is 157 Å². The molecule has 2 aromatic heterocycles. The van der Waals surface area contributed by atoms with Crippen LogP contribution in [-0.4, -0.2) is 53.0 Å². The number of thiophene rings is 1. The van der Waals surface area contributed by atoms with Crippen LogP contribution in [-0.2, 0) is 28.9 Å². The number of pyridine rings is 1. The number of aryl methyl sites for hydroxylation is 2. The van der Waals surface area contributed by atoms with E-state index in [0.29, 0.717) is 0 Å². The van der Waals surface area contributed by atoms with Crippen LogP contribution in [0.1, 0.15) is 22.4 Å². The van der Waals surface area contributed by atoms with Crippen molar-refractivity contribution in [2.45, 2.75) is 26.2 Å². The molecule has 3 rings (SSSR count). The highest BCUT2D eigenvalue weighted by molar-refractivity contribution is 7.12. The zero-order valence-corrected chi connectivity index (χ0v) is 15.7. The fourth-order valence-electron chi connectivity index (χ4n) is 3.08. The van der Waals surface area contributed by atoms with E-state index in [1.165, 1.54) is 4.88 Å². The quantitative estimate of drug-likeness (QED) is 0.840. The van der Waals surface area contributed by atoms with E-state index in [4.69, 9.17) is 5.11 Å². The Bertz CT molecular complexity index is 765. The van der Waals surface area contributed by atoms with Crippen molar-refractivity contribution in [2.75, 3.05) is 31.1 Å². The second-order valence-corrected chi connectivity index (χ2v) is 7.69. The Morgan fingerprint density at radius 2 is 1.81 bits per heavy atom. The summed E-state index contributed by atoms with van der Waals surface area (Å²) in [6.07, 6.45) is 3.71. The molecule has 26 heavy (non-hydrogen) atoms. The second-order valence-electron chi connectivity index (χ2n) is 6.44. The van der Waals surface area contributed by atoms with Crippen LogP contribution >= 0.6 is 11.3 Å². The standard InChI is InChI=1S/C19H23N3O3S/c1-14(23)21-8-10-22(11-9-21)16-4-2-15(20-13-16)3-5-17-6-7-18(26-17)12-19(24)25/h2,4,6-7,13H,3,5,8-12H2,1H3,(H,24,25). The molecule has 1 amide bonds. The Morgan fingerprint density at radius 3 is 2.42 bits per heavy atom. The number of carbonyl (C=O) groups excluding carboxylic acids is 1. The van der Waals surface area contributed by atoms with Crippen molar-refractivity contribution in [1.82, 2.24) is 9.88 Å². The molecule has 1 saturated heterocycles. The number of aromatic nitrogens is 1.